The Kier molecular flexibility index (Phi) is 3.69. The molecule has 1 aliphatic heterocycles. The molecule has 4 rings (SSSR count). The number of carbonyl (C=O) groups excluding carboxylic acids is 1. The molecule has 0 radical (unpaired) electrons. The minimum absolute atomic E-state index is 0.227. The highest BCUT2D eigenvalue weighted by Gasteiger charge is 2.33. The summed E-state index contributed by atoms with van der Waals surface area (Å²) in [5.41, 5.74) is 1.48. The van der Waals surface area contributed by atoms with E-state index in [0.29, 0.717) is 11.5 Å². The maximum atomic E-state index is 13.1. The molecule has 1 aliphatic rings. The summed E-state index contributed by atoms with van der Waals surface area (Å²) < 4.78 is 19.1. The summed E-state index contributed by atoms with van der Waals surface area (Å²) in [7, 11) is 0. The number of amides is 1. The maximum absolute atomic E-state index is 13.1. The number of rotatable bonds is 2. The van der Waals surface area contributed by atoms with E-state index in [0.717, 1.165) is 16.3 Å². The summed E-state index contributed by atoms with van der Waals surface area (Å²) in [6.45, 7) is 1.44. The van der Waals surface area contributed by atoms with Gasteiger partial charge in [-0.05, 0) is 35.0 Å². The van der Waals surface area contributed by atoms with Crippen LogP contribution < -0.4 is 0 Å². The van der Waals surface area contributed by atoms with Gasteiger partial charge in [-0.25, -0.2) is 4.39 Å². The first kappa shape index (κ1) is 15.3. The van der Waals surface area contributed by atoms with Gasteiger partial charge in [0.05, 0.1) is 0 Å². The molecule has 5 heteroatoms. The molecule has 0 saturated heterocycles. The van der Waals surface area contributed by atoms with Crippen molar-refractivity contribution in [3.63, 3.8) is 0 Å². The van der Waals surface area contributed by atoms with Gasteiger partial charge in [-0.1, -0.05) is 42.5 Å². The monoisotopic (exact) mass is 334 g/mol. The molecule has 0 aromatic heterocycles. The predicted octanol–water partition coefficient (Wildman–Crippen LogP) is 4.22. The molecule has 0 bridgehead atoms. The van der Waals surface area contributed by atoms with Crippen LogP contribution in [0.5, 0.6) is 0 Å². The van der Waals surface area contributed by atoms with Crippen molar-refractivity contribution in [2.75, 3.05) is 0 Å². The molecule has 0 N–H and O–H groups in total. The van der Waals surface area contributed by atoms with Gasteiger partial charge in [0.15, 0.2) is 0 Å². The van der Waals surface area contributed by atoms with Gasteiger partial charge in [0, 0.05) is 18.1 Å². The second-order valence-electron chi connectivity index (χ2n) is 5.81. The number of carbonyl (C=O) groups is 1. The van der Waals surface area contributed by atoms with Gasteiger partial charge < -0.3 is 4.74 Å². The van der Waals surface area contributed by atoms with E-state index in [1.807, 2.05) is 42.5 Å². The van der Waals surface area contributed by atoms with Gasteiger partial charge in [0.2, 0.25) is 18.0 Å². The van der Waals surface area contributed by atoms with Crippen LogP contribution >= 0.6 is 0 Å². The lowest BCUT2D eigenvalue weighted by atomic mass is 10.0. The quantitative estimate of drug-likeness (QED) is 0.704. The van der Waals surface area contributed by atoms with Crippen LogP contribution in [0, 0.1) is 5.82 Å². The van der Waals surface area contributed by atoms with Crippen LogP contribution in [0.15, 0.2) is 71.8 Å². The van der Waals surface area contributed by atoms with Gasteiger partial charge in [-0.3, -0.25) is 4.79 Å². The lowest BCUT2D eigenvalue weighted by Crippen LogP contribution is -2.25. The van der Waals surface area contributed by atoms with Crippen LogP contribution in [0.3, 0.4) is 0 Å². The number of benzene rings is 3. The minimum atomic E-state index is -0.649. The average molecular weight is 334 g/mol. The fourth-order valence-corrected chi connectivity index (χ4v) is 2.94. The van der Waals surface area contributed by atoms with Gasteiger partial charge in [-0.2, -0.15) is 5.01 Å². The zero-order chi connectivity index (χ0) is 17.4. The molecule has 0 unspecified atom stereocenters. The third-order valence-electron chi connectivity index (χ3n) is 4.15. The molecule has 124 valence electrons. The van der Waals surface area contributed by atoms with E-state index in [1.54, 1.807) is 12.1 Å². The highest BCUT2D eigenvalue weighted by molar-refractivity contribution is 5.97. The highest BCUT2D eigenvalue weighted by atomic mass is 19.1. The van der Waals surface area contributed by atoms with Crippen molar-refractivity contribution in [3.8, 4) is 0 Å². The van der Waals surface area contributed by atoms with E-state index >= 15 is 0 Å². The average Bonchev–Trinajstić information content (AvgIpc) is 3.07. The molecule has 0 spiro atoms. The predicted molar refractivity (Wildman–Crippen MR) is 93.2 cm³/mol. The Labute approximate surface area is 144 Å². The molecule has 3 aromatic rings. The number of hydrogen-bond acceptors (Lipinski definition) is 3. The topological polar surface area (TPSA) is 41.9 Å². The molecule has 1 atom stereocenters. The van der Waals surface area contributed by atoms with E-state index in [9.17, 15) is 9.18 Å². The molecule has 3 aromatic carbocycles. The largest absolute Gasteiger partial charge is 0.446 e. The van der Waals surface area contributed by atoms with Crippen molar-refractivity contribution < 1.29 is 13.9 Å². The fraction of sp³-hybridized carbons (Fsp3) is 0.100. The van der Waals surface area contributed by atoms with Crippen LogP contribution in [0.2, 0.25) is 0 Å². The molecule has 4 nitrogen and oxygen atoms in total. The Morgan fingerprint density at radius 1 is 1.04 bits per heavy atom. The Morgan fingerprint density at radius 3 is 2.52 bits per heavy atom. The van der Waals surface area contributed by atoms with Crippen molar-refractivity contribution in [1.82, 2.24) is 5.01 Å². The van der Waals surface area contributed by atoms with E-state index in [1.165, 1.54) is 24.1 Å². The summed E-state index contributed by atoms with van der Waals surface area (Å²) in [6.07, 6.45) is -0.649. The maximum Gasteiger partial charge on any atom is 0.243 e. The second kappa shape index (κ2) is 6.02. The molecule has 0 aliphatic carbocycles. The van der Waals surface area contributed by atoms with Gasteiger partial charge in [0.25, 0.3) is 0 Å². The minimum Gasteiger partial charge on any atom is -0.446 e. The summed E-state index contributed by atoms with van der Waals surface area (Å²) in [4.78, 5) is 12.1. The molecular weight excluding hydrogens is 319 g/mol. The molecule has 25 heavy (non-hydrogen) atoms. The van der Waals surface area contributed by atoms with Gasteiger partial charge in [-0.15, -0.1) is 5.10 Å². The fourth-order valence-electron chi connectivity index (χ4n) is 2.94. The zero-order valence-corrected chi connectivity index (χ0v) is 13.5. The SMILES string of the molecule is CC(=O)N1N=C(c2ccc(F)cc2)O[C@H]1c1cccc2ccccc12. The lowest BCUT2D eigenvalue weighted by molar-refractivity contribution is -0.135. The van der Waals surface area contributed by atoms with Crippen molar-refractivity contribution in [2.24, 2.45) is 5.10 Å². The zero-order valence-electron chi connectivity index (χ0n) is 13.5. The van der Waals surface area contributed by atoms with Crippen LogP contribution in [-0.4, -0.2) is 16.8 Å². The van der Waals surface area contributed by atoms with E-state index in [2.05, 4.69) is 5.10 Å². The van der Waals surface area contributed by atoms with Crippen molar-refractivity contribution in [2.45, 2.75) is 13.2 Å². The normalized spacial score (nSPS) is 16.6. The number of ether oxygens (including phenoxy) is 1. The number of fused-ring (bicyclic) bond motifs is 1. The molecule has 0 saturated carbocycles. The molecule has 1 heterocycles. The van der Waals surface area contributed by atoms with Crippen molar-refractivity contribution in [3.05, 3.63) is 83.7 Å². The van der Waals surface area contributed by atoms with Crippen LogP contribution in [-0.2, 0) is 9.53 Å². The van der Waals surface area contributed by atoms with Crippen LogP contribution in [0.25, 0.3) is 10.8 Å². The first-order valence-corrected chi connectivity index (χ1v) is 7.92. The van der Waals surface area contributed by atoms with Crippen molar-refractivity contribution in [1.29, 1.82) is 0 Å². The lowest BCUT2D eigenvalue weighted by Gasteiger charge is -2.20. The second-order valence-corrected chi connectivity index (χ2v) is 5.81. The number of hydrogen-bond donors (Lipinski definition) is 0. The smallest absolute Gasteiger partial charge is 0.243 e. The number of nitrogens with zero attached hydrogens (tertiary/aromatic N) is 2. The Morgan fingerprint density at radius 2 is 1.76 bits per heavy atom. The number of hydrazone groups is 1. The van der Waals surface area contributed by atoms with Crippen LogP contribution in [0.1, 0.15) is 24.3 Å². The summed E-state index contributed by atoms with van der Waals surface area (Å²) in [6, 6.07) is 19.6. The third kappa shape index (κ3) is 2.74. The Balaban J connectivity index is 1.77. The standard InChI is InChI=1S/C20H15FN2O2/c1-13(24)23-20(18-8-4-6-14-5-2-3-7-17(14)18)25-19(22-23)15-9-11-16(21)12-10-15/h2-12,20H,1H3/t20-/m0/s1. The Hall–Kier alpha value is -3.21. The van der Waals surface area contributed by atoms with Gasteiger partial charge in [0.1, 0.15) is 5.82 Å². The molecular formula is C20H15FN2O2. The van der Waals surface area contributed by atoms with Crippen molar-refractivity contribution >= 4 is 22.6 Å². The van der Waals surface area contributed by atoms with Gasteiger partial charge >= 0.3 is 0 Å². The Bertz CT molecular complexity index is 977. The van der Waals surface area contributed by atoms with E-state index < -0.39 is 6.23 Å². The number of halogens is 1. The van der Waals surface area contributed by atoms with Crippen LogP contribution in [0.4, 0.5) is 4.39 Å². The highest BCUT2D eigenvalue weighted by Crippen LogP contribution is 2.34. The van der Waals surface area contributed by atoms with E-state index in [-0.39, 0.29) is 11.7 Å². The third-order valence-corrected chi connectivity index (χ3v) is 4.15. The first-order valence-electron chi connectivity index (χ1n) is 7.92. The summed E-state index contributed by atoms with van der Waals surface area (Å²) in [5, 5.41) is 7.68. The molecule has 1 amide bonds. The van der Waals surface area contributed by atoms with E-state index in [4.69, 9.17) is 4.74 Å². The molecule has 0 fully saturated rings. The summed E-state index contributed by atoms with van der Waals surface area (Å²) in [5.74, 6) is -0.264. The first-order chi connectivity index (χ1) is 12.1. The summed E-state index contributed by atoms with van der Waals surface area (Å²) >= 11 is 0.